The van der Waals surface area contributed by atoms with Crippen molar-refractivity contribution >= 4 is 11.0 Å². The molecule has 19 heavy (non-hydrogen) atoms. The maximum absolute atomic E-state index is 5.84. The van der Waals surface area contributed by atoms with E-state index in [-0.39, 0.29) is 0 Å². The van der Waals surface area contributed by atoms with Crippen molar-refractivity contribution in [1.29, 1.82) is 0 Å². The minimum absolute atomic E-state index is 0.514. The van der Waals surface area contributed by atoms with Crippen molar-refractivity contribution in [3.63, 3.8) is 0 Å². The summed E-state index contributed by atoms with van der Waals surface area (Å²) < 4.78 is 2.30. The van der Waals surface area contributed by atoms with Gasteiger partial charge in [0.15, 0.2) is 0 Å². The lowest BCUT2D eigenvalue weighted by Gasteiger charge is -2.08. The Hall–Kier alpha value is -1.35. The van der Waals surface area contributed by atoms with Gasteiger partial charge in [-0.3, -0.25) is 0 Å². The standard InChI is InChI=1S/C16H25N3/c1-4-5-6-7-8-19-15-10-13(3)12(2)9-14(15)18-16(19)11-17/h9-10H,4-8,11,17H2,1-3H3. The summed E-state index contributed by atoms with van der Waals surface area (Å²) in [5.41, 5.74) is 10.8. The molecule has 3 nitrogen and oxygen atoms in total. The van der Waals surface area contributed by atoms with E-state index in [2.05, 4.69) is 42.5 Å². The highest BCUT2D eigenvalue weighted by atomic mass is 15.1. The van der Waals surface area contributed by atoms with Crippen LogP contribution >= 0.6 is 0 Å². The Morgan fingerprint density at radius 2 is 1.84 bits per heavy atom. The van der Waals surface area contributed by atoms with Crippen molar-refractivity contribution in [1.82, 2.24) is 9.55 Å². The topological polar surface area (TPSA) is 43.8 Å². The summed E-state index contributed by atoms with van der Waals surface area (Å²) >= 11 is 0. The van der Waals surface area contributed by atoms with Gasteiger partial charge in [0.25, 0.3) is 0 Å². The van der Waals surface area contributed by atoms with Gasteiger partial charge >= 0.3 is 0 Å². The van der Waals surface area contributed by atoms with Crippen LogP contribution < -0.4 is 5.73 Å². The smallest absolute Gasteiger partial charge is 0.123 e. The molecular formula is C16H25N3. The number of nitrogens with zero attached hydrogens (tertiary/aromatic N) is 2. The first-order chi connectivity index (χ1) is 9.17. The van der Waals surface area contributed by atoms with E-state index >= 15 is 0 Å². The van der Waals surface area contributed by atoms with Crippen LogP contribution in [-0.4, -0.2) is 9.55 Å². The Balaban J connectivity index is 2.31. The molecule has 0 radical (unpaired) electrons. The van der Waals surface area contributed by atoms with Crippen LogP contribution in [0.1, 0.15) is 49.6 Å². The molecule has 1 heterocycles. The maximum Gasteiger partial charge on any atom is 0.123 e. The highest BCUT2D eigenvalue weighted by Gasteiger charge is 2.10. The molecule has 0 saturated heterocycles. The molecule has 0 unspecified atom stereocenters. The van der Waals surface area contributed by atoms with Crippen molar-refractivity contribution in [3.8, 4) is 0 Å². The van der Waals surface area contributed by atoms with Crippen LogP contribution in [0.25, 0.3) is 11.0 Å². The van der Waals surface area contributed by atoms with Crippen LogP contribution in [0, 0.1) is 13.8 Å². The molecule has 0 fully saturated rings. The summed E-state index contributed by atoms with van der Waals surface area (Å²) in [6, 6.07) is 4.42. The second kappa shape index (κ2) is 6.20. The van der Waals surface area contributed by atoms with E-state index in [0.717, 1.165) is 17.9 Å². The van der Waals surface area contributed by atoms with Crippen LogP contribution in [-0.2, 0) is 13.1 Å². The third-order valence-corrected chi connectivity index (χ3v) is 3.86. The van der Waals surface area contributed by atoms with Crippen LogP contribution in [0.4, 0.5) is 0 Å². The molecule has 0 aliphatic rings. The fraction of sp³-hybridized carbons (Fsp3) is 0.562. The molecule has 0 amide bonds. The van der Waals surface area contributed by atoms with Gasteiger partial charge in [-0.15, -0.1) is 0 Å². The predicted molar refractivity (Wildman–Crippen MR) is 81.2 cm³/mol. The normalized spacial score (nSPS) is 11.4. The van der Waals surface area contributed by atoms with Gasteiger partial charge in [-0.2, -0.15) is 0 Å². The van der Waals surface area contributed by atoms with Gasteiger partial charge in [0.2, 0.25) is 0 Å². The predicted octanol–water partition coefficient (Wildman–Crippen LogP) is 3.69. The lowest BCUT2D eigenvalue weighted by molar-refractivity contribution is 0.575. The van der Waals surface area contributed by atoms with Crippen LogP contribution in [0.3, 0.4) is 0 Å². The lowest BCUT2D eigenvalue weighted by Crippen LogP contribution is -2.08. The Morgan fingerprint density at radius 3 is 2.53 bits per heavy atom. The molecular weight excluding hydrogens is 234 g/mol. The highest BCUT2D eigenvalue weighted by molar-refractivity contribution is 5.78. The molecule has 104 valence electrons. The fourth-order valence-corrected chi connectivity index (χ4v) is 2.53. The summed E-state index contributed by atoms with van der Waals surface area (Å²) in [5, 5.41) is 0. The van der Waals surface area contributed by atoms with Crippen molar-refractivity contribution < 1.29 is 0 Å². The third-order valence-electron chi connectivity index (χ3n) is 3.86. The van der Waals surface area contributed by atoms with Crippen molar-refractivity contribution in [2.75, 3.05) is 0 Å². The van der Waals surface area contributed by atoms with E-state index in [1.165, 1.54) is 42.3 Å². The lowest BCUT2D eigenvalue weighted by atomic mass is 10.1. The number of aryl methyl sites for hydroxylation is 3. The van der Waals surface area contributed by atoms with Gasteiger partial charge in [-0.25, -0.2) is 4.98 Å². The first-order valence-electron chi connectivity index (χ1n) is 7.33. The van der Waals surface area contributed by atoms with Crippen molar-refractivity contribution in [2.45, 2.75) is 59.5 Å². The largest absolute Gasteiger partial charge is 0.327 e. The highest BCUT2D eigenvalue weighted by Crippen LogP contribution is 2.21. The van der Waals surface area contributed by atoms with Gasteiger partial charge < -0.3 is 10.3 Å². The minimum atomic E-state index is 0.514. The molecule has 0 spiro atoms. The molecule has 3 heteroatoms. The van der Waals surface area contributed by atoms with Gasteiger partial charge in [0.05, 0.1) is 17.6 Å². The van der Waals surface area contributed by atoms with Gasteiger partial charge in [-0.1, -0.05) is 26.2 Å². The number of nitrogens with two attached hydrogens (primary N) is 1. The molecule has 1 aromatic carbocycles. The number of fused-ring (bicyclic) bond motifs is 1. The third kappa shape index (κ3) is 2.98. The fourth-order valence-electron chi connectivity index (χ4n) is 2.53. The van der Waals surface area contributed by atoms with Gasteiger partial charge in [0.1, 0.15) is 5.82 Å². The molecule has 0 atom stereocenters. The second-order valence-corrected chi connectivity index (χ2v) is 5.37. The average Bonchev–Trinajstić information content (AvgIpc) is 2.73. The summed E-state index contributed by atoms with van der Waals surface area (Å²) in [4.78, 5) is 4.67. The zero-order chi connectivity index (χ0) is 13.8. The summed E-state index contributed by atoms with van der Waals surface area (Å²) in [7, 11) is 0. The van der Waals surface area contributed by atoms with E-state index in [1.807, 2.05) is 0 Å². The number of imidazole rings is 1. The van der Waals surface area contributed by atoms with Crippen LogP contribution in [0.2, 0.25) is 0 Å². The Bertz CT molecular complexity index is 555. The monoisotopic (exact) mass is 259 g/mol. The molecule has 2 N–H and O–H groups in total. The summed E-state index contributed by atoms with van der Waals surface area (Å²) in [5.74, 6) is 1.01. The molecule has 1 aromatic heterocycles. The molecule has 0 aliphatic carbocycles. The molecule has 2 aromatic rings. The first-order valence-corrected chi connectivity index (χ1v) is 7.33. The summed E-state index contributed by atoms with van der Waals surface area (Å²) in [6.45, 7) is 8.08. The number of benzene rings is 1. The zero-order valence-electron chi connectivity index (χ0n) is 12.4. The molecule has 2 rings (SSSR count). The Labute approximate surface area is 115 Å². The summed E-state index contributed by atoms with van der Waals surface area (Å²) in [6.07, 6.45) is 5.07. The van der Waals surface area contributed by atoms with E-state index < -0.39 is 0 Å². The van der Waals surface area contributed by atoms with Crippen molar-refractivity contribution in [2.24, 2.45) is 5.73 Å². The maximum atomic E-state index is 5.84. The second-order valence-electron chi connectivity index (χ2n) is 5.37. The van der Waals surface area contributed by atoms with Crippen LogP contribution in [0.5, 0.6) is 0 Å². The first kappa shape index (κ1) is 14.1. The Morgan fingerprint density at radius 1 is 1.11 bits per heavy atom. The molecule has 0 saturated carbocycles. The van der Waals surface area contributed by atoms with Gasteiger partial charge in [0, 0.05) is 6.54 Å². The number of unbranched alkanes of at least 4 members (excludes halogenated alkanes) is 3. The van der Waals surface area contributed by atoms with E-state index in [1.54, 1.807) is 0 Å². The van der Waals surface area contributed by atoms with E-state index in [9.17, 15) is 0 Å². The Kier molecular flexibility index (Phi) is 4.59. The molecule has 0 aliphatic heterocycles. The molecule has 0 bridgehead atoms. The quantitative estimate of drug-likeness (QED) is 0.804. The number of hydrogen-bond donors (Lipinski definition) is 1. The van der Waals surface area contributed by atoms with Crippen LogP contribution in [0.15, 0.2) is 12.1 Å². The van der Waals surface area contributed by atoms with Gasteiger partial charge in [-0.05, 0) is 43.5 Å². The number of hydrogen-bond acceptors (Lipinski definition) is 2. The van der Waals surface area contributed by atoms with Crippen molar-refractivity contribution in [3.05, 3.63) is 29.1 Å². The zero-order valence-corrected chi connectivity index (χ0v) is 12.4. The SMILES string of the molecule is CCCCCCn1c(CN)nc2cc(C)c(C)cc21. The minimum Gasteiger partial charge on any atom is -0.327 e. The average molecular weight is 259 g/mol. The van der Waals surface area contributed by atoms with E-state index in [4.69, 9.17) is 5.73 Å². The number of rotatable bonds is 6. The number of aromatic nitrogens is 2. The van der Waals surface area contributed by atoms with E-state index in [0.29, 0.717) is 6.54 Å².